The minimum absolute atomic E-state index is 0.136. The Morgan fingerprint density at radius 3 is 2.90 bits per heavy atom. The van der Waals surface area contributed by atoms with Crippen molar-refractivity contribution in [2.24, 2.45) is 0 Å². The van der Waals surface area contributed by atoms with E-state index < -0.39 is 5.97 Å². The summed E-state index contributed by atoms with van der Waals surface area (Å²) < 4.78 is 15.9. The molecule has 0 spiro atoms. The van der Waals surface area contributed by atoms with Crippen molar-refractivity contribution in [1.29, 1.82) is 0 Å². The number of ether oxygens (including phenoxy) is 3. The molecule has 0 saturated carbocycles. The Labute approximate surface area is 176 Å². The van der Waals surface area contributed by atoms with Crippen molar-refractivity contribution >= 4 is 51.9 Å². The monoisotopic (exact) mass is 428 g/mol. The lowest BCUT2D eigenvalue weighted by Crippen LogP contribution is -2.33. The number of esters is 1. The molecular weight excluding hydrogens is 412 g/mol. The van der Waals surface area contributed by atoms with Crippen LogP contribution in [0, 0.1) is 0 Å². The summed E-state index contributed by atoms with van der Waals surface area (Å²) in [7, 11) is 1.32. The van der Waals surface area contributed by atoms with Crippen LogP contribution in [0.5, 0.6) is 11.5 Å². The van der Waals surface area contributed by atoms with Gasteiger partial charge in [-0.2, -0.15) is 0 Å². The zero-order chi connectivity index (χ0) is 20.4. The number of carbonyl (C=O) groups excluding carboxylic acids is 2. The van der Waals surface area contributed by atoms with Gasteiger partial charge in [0.25, 0.3) is 5.91 Å². The average molecular weight is 428 g/mol. The number of nitrogens with zero attached hydrogens (tertiary/aromatic N) is 1. The lowest BCUT2D eigenvalue weighted by molar-refractivity contribution is -0.121. The number of hydrogen-bond acceptors (Lipinski definition) is 8. The standard InChI is InChI=1S/C20H16N2O5S2/c1-25-19(24)13-4-2-3-5-14(13)21-10-22-18(23)17(29-20(22)28)9-12-6-7-15-16(8-12)27-11-26-15/h2-9,21H,10-11H2,1H3. The first kappa shape index (κ1) is 19.3. The van der Waals surface area contributed by atoms with Gasteiger partial charge in [0.15, 0.2) is 11.5 Å². The Balaban J connectivity index is 1.49. The van der Waals surface area contributed by atoms with Gasteiger partial charge in [0.05, 0.1) is 29.9 Å². The molecule has 9 heteroatoms. The number of rotatable bonds is 5. The molecule has 0 unspecified atom stereocenters. The molecule has 0 bridgehead atoms. The van der Waals surface area contributed by atoms with Crippen LogP contribution in [0.25, 0.3) is 6.08 Å². The highest BCUT2D eigenvalue weighted by Crippen LogP contribution is 2.36. The third-order valence-corrected chi connectivity index (χ3v) is 5.71. The van der Waals surface area contributed by atoms with Gasteiger partial charge in [0.2, 0.25) is 6.79 Å². The molecule has 7 nitrogen and oxygen atoms in total. The second-order valence-electron chi connectivity index (χ2n) is 6.09. The molecule has 29 heavy (non-hydrogen) atoms. The molecule has 0 atom stereocenters. The predicted molar refractivity (Wildman–Crippen MR) is 114 cm³/mol. The fourth-order valence-electron chi connectivity index (χ4n) is 2.88. The van der Waals surface area contributed by atoms with Gasteiger partial charge in [-0.3, -0.25) is 9.69 Å². The maximum atomic E-state index is 12.8. The van der Waals surface area contributed by atoms with Crippen molar-refractivity contribution in [3.8, 4) is 11.5 Å². The maximum absolute atomic E-state index is 12.8. The maximum Gasteiger partial charge on any atom is 0.339 e. The number of benzene rings is 2. The van der Waals surface area contributed by atoms with E-state index >= 15 is 0 Å². The molecule has 4 rings (SSSR count). The van der Waals surface area contributed by atoms with E-state index in [1.807, 2.05) is 12.1 Å². The summed E-state index contributed by atoms with van der Waals surface area (Å²) >= 11 is 6.59. The van der Waals surface area contributed by atoms with Crippen LogP contribution in [0.15, 0.2) is 47.4 Å². The Kier molecular flexibility index (Phi) is 5.41. The number of hydrogen-bond donors (Lipinski definition) is 1. The van der Waals surface area contributed by atoms with Gasteiger partial charge in [-0.05, 0) is 35.9 Å². The molecule has 0 aliphatic carbocycles. The van der Waals surface area contributed by atoms with E-state index in [9.17, 15) is 9.59 Å². The third-order valence-electron chi connectivity index (χ3n) is 4.33. The third kappa shape index (κ3) is 3.92. The van der Waals surface area contributed by atoms with Crippen LogP contribution < -0.4 is 14.8 Å². The number of thioether (sulfide) groups is 1. The van der Waals surface area contributed by atoms with Gasteiger partial charge in [-0.15, -0.1) is 0 Å². The van der Waals surface area contributed by atoms with Crippen molar-refractivity contribution in [3.63, 3.8) is 0 Å². The number of amides is 1. The van der Waals surface area contributed by atoms with Gasteiger partial charge < -0.3 is 19.5 Å². The summed E-state index contributed by atoms with van der Waals surface area (Å²) in [5.41, 5.74) is 1.77. The molecule has 2 aliphatic heterocycles. The van der Waals surface area contributed by atoms with Crippen LogP contribution in [0.3, 0.4) is 0 Å². The van der Waals surface area contributed by atoms with Crippen LogP contribution in [0.4, 0.5) is 5.69 Å². The molecule has 2 aromatic carbocycles. The van der Waals surface area contributed by atoms with E-state index in [1.165, 1.54) is 23.8 Å². The second-order valence-corrected chi connectivity index (χ2v) is 7.77. The van der Waals surface area contributed by atoms with Crippen LogP contribution in [-0.2, 0) is 9.53 Å². The highest BCUT2D eigenvalue weighted by molar-refractivity contribution is 8.26. The molecular formula is C20H16N2O5S2. The molecule has 1 fully saturated rings. The Morgan fingerprint density at radius 2 is 2.07 bits per heavy atom. The number of thiocarbonyl (C=S) groups is 1. The predicted octanol–water partition coefficient (Wildman–Crippen LogP) is 3.47. The van der Waals surface area contributed by atoms with Crippen LogP contribution in [0.1, 0.15) is 15.9 Å². The van der Waals surface area contributed by atoms with E-state index in [2.05, 4.69) is 5.32 Å². The van der Waals surface area contributed by atoms with Crippen LogP contribution in [0.2, 0.25) is 0 Å². The van der Waals surface area contributed by atoms with Crippen molar-refractivity contribution < 1.29 is 23.8 Å². The summed E-state index contributed by atoms with van der Waals surface area (Å²) in [6, 6.07) is 12.4. The molecule has 2 aliphatic rings. The van der Waals surface area contributed by atoms with Crippen LogP contribution in [-0.4, -0.2) is 41.7 Å². The summed E-state index contributed by atoms with van der Waals surface area (Å²) in [6.07, 6.45) is 1.77. The van der Waals surface area contributed by atoms with E-state index in [0.717, 1.165) is 5.56 Å². The molecule has 2 aromatic rings. The number of nitrogens with one attached hydrogen (secondary N) is 1. The lowest BCUT2D eigenvalue weighted by atomic mass is 10.2. The number of anilines is 1. The fraction of sp³-hybridized carbons (Fsp3) is 0.150. The van der Waals surface area contributed by atoms with E-state index in [0.29, 0.717) is 32.0 Å². The van der Waals surface area contributed by atoms with Gasteiger partial charge in [-0.25, -0.2) is 4.79 Å². The lowest BCUT2D eigenvalue weighted by Gasteiger charge is -2.17. The summed E-state index contributed by atoms with van der Waals surface area (Å²) in [5, 5.41) is 3.09. The van der Waals surface area contributed by atoms with E-state index in [1.54, 1.807) is 36.4 Å². The highest BCUT2D eigenvalue weighted by Gasteiger charge is 2.32. The highest BCUT2D eigenvalue weighted by atomic mass is 32.2. The molecule has 1 N–H and O–H groups in total. The minimum Gasteiger partial charge on any atom is -0.465 e. The van der Waals surface area contributed by atoms with Gasteiger partial charge in [0, 0.05) is 0 Å². The van der Waals surface area contributed by atoms with Crippen molar-refractivity contribution in [3.05, 3.63) is 58.5 Å². The molecule has 0 aromatic heterocycles. The minimum atomic E-state index is -0.457. The zero-order valence-corrected chi connectivity index (χ0v) is 17.0. The molecule has 148 valence electrons. The smallest absolute Gasteiger partial charge is 0.339 e. The molecule has 1 amide bonds. The first-order chi connectivity index (χ1) is 14.1. The van der Waals surface area contributed by atoms with Gasteiger partial charge in [0.1, 0.15) is 4.32 Å². The topological polar surface area (TPSA) is 77.1 Å². The second kappa shape index (κ2) is 8.14. The molecule has 0 radical (unpaired) electrons. The number of fused-ring (bicyclic) bond motifs is 1. The summed E-state index contributed by atoms with van der Waals surface area (Å²) in [5.74, 6) is 0.667. The number of carbonyl (C=O) groups is 2. The number of methoxy groups -OCH3 is 1. The Bertz CT molecular complexity index is 1040. The van der Waals surface area contributed by atoms with Gasteiger partial charge in [-0.1, -0.05) is 42.2 Å². The van der Waals surface area contributed by atoms with Gasteiger partial charge >= 0.3 is 5.97 Å². The van der Waals surface area contributed by atoms with Crippen LogP contribution >= 0.6 is 24.0 Å². The molecule has 1 saturated heterocycles. The van der Waals surface area contributed by atoms with E-state index in [-0.39, 0.29) is 19.4 Å². The van der Waals surface area contributed by atoms with E-state index in [4.69, 9.17) is 26.4 Å². The van der Waals surface area contributed by atoms with Crippen molar-refractivity contribution in [2.75, 3.05) is 25.9 Å². The normalized spacial score (nSPS) is 16.4. The average Bonchev–Trinajstić information content (AvgIpc) is 3.30. The SMILES string of the molecule is COC(=O)c1ccccc1NCN1C(=O)C(=Cc2ccc3c(c2)OCO3)SC1=S. The first-order valence-corrected chi connectivity index (χ1v) is 9.85. The first-order valence-electron chi connectivity index (χ1n) is 8.63. The summed E-state index contributed by atoms with van der Waals surface area (Å²) in [6.45, 7) is 0.330. The zero-order valence-electron chi connectivity index (χ0n) is 15.3. The molecule has 2 heterocycles. The Hall–Kier alpha value is -3.04. The van der Waals surface area contributed by atoms with Crippen molar-refractivity contribution in [1.82, 2.24) is 4.90 Å². The fourth-order valence-corrected chi connectivity index (χ4v) is 4.14. The van der Waals surface area contributed by atoms with Crippen molar-refractivity contribution in [2.45, 2.75) is 0 Å². The summed E-state index contributed by atoms with van der Waals surface area (Å²) in [4.78, 5) is 26.7. The largest absolute Gasteiger partial charge is 0.465 e. The quantitative estimate of drug-likeness (QED) is 0.441. The Morgan fingerprint density at radius 1 is 1.28 bits per heavy atom. The number of para-hydroxylation sites is 1.